The number of benzene rings is 2. The molecule has 2 aromatic carbocycles. The number of hydrogen-bond acceptors (Lipinski definition) is 5. The van der Waals surface area contributed by atoms with Crippen molar-refractivity contribution in [3.8, 4) is 11.6 Å². The third-order valence-electron chi connectivity index (χ3n) is 4.21. The van der Waals surface area contributed by atoms with Gasteiger partial charge in [-0.1, -0.05) is 0 Å². The summed E-state index contributed by atoms with van der Waals surface area (Å²) >= 11 is 6.39. The fourth-order valence-electron chi connectivity index (χ4n) is 2.91. The number of aromatic hydroxyl groups is 1. The second kappa shape index (κ2) is 6.33. The number of amides is 1. The van der Waals surface area contributed by atoms with E-state index in [0.717, 1.165) is 11.3 Å². The molecule has 1 aromatic heterocycles. The maximum atomic E-state index is 13.7. The number of aromatic nitrogens is 1. The van der Waals surface area contributed by atoms with Crippen LogP contribution in [0.4, 0.5) is 4.39 Å². The molecule has 0 bridgehead atoms. The van der Waals surface area contributed by atoms with Crippen LogP contribution in [0.2, 0.25) is 0 Å². The molecule has 0 atom stereocenters. The highest BCUT2D eigenvalue weighted by atomic mass is 32.1. The summed E-state index contributed by atoms with van der Waals surface area (Å²) < 4.78 is 15.4. The lowest BCUT2D eigenvalue weighted by Crippen LogP contribution is -2.23. The highest BCUT2D eigenvalue weighted by Gasteiger charge is 2.26. The van der Waals surface area contributed by atoms with Crippen LogP contribution in [0.25, 0.3) is 11.3 Å². The van der Waals surface area contributed by atoms with E-state index in [2.05, 4.69) is 4.99 Å². The Morgan fingerprint density at radius 2 is 1.93 bits per heavy atom. The fourth-order valence-corrected chi connectivity index (χ4v) is 4.29. The van der Waals surface area contributed by atoms with Crippen LogP contribution in [0, 0.1) is 9.77 Å². The first-order valence-corrected chi connectivity index (χ1v) is 9.09. The average molecular weight is 398 g/mol. The van der Waals surface area contributed by atoms with Gasteiger partial charge in [-0.3, -0.25) is 14.2 Å². The molecule has 2 heterocycles. The second-order valence-electron chi connectivity index (χ2n) is 5.91. The molecule has 27 heavy (non-hydrogen) atoms. The zero-order valence-corrected chi connectivity index (χ0v) is 15.5. The third kappa shape index (κ3) is 2.83. The Balaban J connectivity index is 1.93. The van der Waals surface area contributed by atoms with Crippen LogP contribution in [0.3, 0.4) is 0 Å². The molecule has 3 aromatic rings. The van der Waals surface area contributed by atoms with E-state index in [0.29, 0.717) is 25.8 Å². The van der Waals surface area contributed by atoms with Crippen molar-refractivity contribution in [3.63, 3.8) is 0 Å². The monoisotopic (exact) mass is 398 g/mol. The predicted octanol–water partition coefficient (Wildman–Crippen LogP) is 2.67. The van der Waals surface area contributed by atoms with Gasteiger partial charge in [0, 0.05) is 10.8 Å². The van der Waals surface area contributed by atoms with Crippen molar-refractivity contribution in [2.45, 2.75) is 6.92 Å². The first kappa shape index (κ1) is 17.4. The maximum absolute atomic E-state index is 13.7. The SMILES string of the molecule is CC(=O)c1ccc(-n2c(O)c(C3=c4cc(F)ccc4=NC3=O)sc2=S)cc1. The van der Waals surface area contributed by atoms with Crippen molar-refractivity contribution in [1.29, 1.82) is 0 Å². The molecule has 8 heteroatoms. The number of carbonyl (C=O) groups is 2. The molecule has 0 unspecified atom stereocenters. The summed E-state index contributed by atoms with van der Waals surface area (Å²) in [7, 11) is 0. The lowest BCUT2D eigenvalue weighted by atomic mass is 10.1. The van der Waals surface area contributed by atoms with E-state index in [4.69, 9.17) is 12.2 Å². The van der Waals surface area contributed by atoms with Gasteiger partial charge < -0.3 is 5.11 Å². The second-order valence-corrected chi connectivity index (χ2v) is 7.56. The Bertz CT molecular complexity index is 1300. The van der Waals surface area contributed by atoms with Crippen molar-refractivity contribution < 1.29 is 19.1 Å². The smallest absolute Gasteiger partial charge is 0.279 e. The van der Waals surface area contributed by atoms with E-state index in [1.807, 2.05) is 0 Å². The van der Waals surface area contributed by atoms with E-state index in [-0.39, 0.29) is 22.1 Å². The Morgan fingerprint density at radius 1 is 1.22 bits per heavy atom. The Labute approximate surface area is 161 Å². The van der Waals surface area contributed by atoms with Gasteiger partial charge in [0.25, 0.3) is 5.91 Å². The molecule has 4 rings (SSSR count). The summed E-state index contributed by atoms with van der Waals surface area (Å²) in [5, 5.41) is 11.4. The van der Waals surface area contributed by atoms with Gasteiger partial charge >= 0.3 is 0 Å². The summed E-state index contributed by atoms with van der Waals surface area (Å²) in [5.41, 5.74) is 1.20. The van der Waals surface area contributed by atoms with Crippen LogP contribution < -0.4 is 10.6 Å². The zero-order valence-electron chi connectivity index (χ0n) is 13.9. The fraction of sp³-hybridized carbons (Fsp3) is 0.0526. The maximum Gasteiger partial charge on any atom is 0.279 e. The van der Waals surface area contributed by atoms with Gasteiger partial charge in [-0.15, -0.1) is 11.3 Å². The van der Waals surface area contributed by atoms with Crippen LogP contribution in [-0.2, 0) is 4.79 Å². The van der Waals surface area contributed by atoms with E-state index in [9.17, 15) is 19.1 Å². The quantitative estimate of drug-likeness (QED) is 0.544. The summed E-state index contributed by atoms with van der Waals surface area (Å²) in [6, 6.07) is 10.4. The predicted molar refractivity (Wildman–Crippen MR) is 101 cm³/mol. The molecule has 0 spiro atoms. The highest BCUT2D eigenvalue weighted by molar-refractivity contribution is 7.73. The number of Topliss-reactive ketones (excluding diaryl/α,β-unsaturated/α-hetero) is 1. The van der Waals surface area contributed by atoms with Crippen LogP contribution in [-0.4, -0.2) is 21.4 Å². The van der Waals surface area contributed by atoms with Crippen LogP contribution in [0.15, 0.2) is 47.5 Å². The molecule has 0 saturated carbocycles. The minimum atomic E-state index is -0.554. The van der Waals surface area contributed by atoms with Crippen LogP contribution >= 0.6 is 23.6 Å². The van der Waals surface area contributed by atoms with E-state index >= 15 is 0 Å². The molecule has 0 aliphatic carbocycles. The number of carbonyl (C=O) groups excluding carboxylic acids is 2. The van der Waals surface area contributed by atoms with Crippen LogP contribution in [0.1, 0.15) is 22.2 Å². The summed E-state index contributed by atoms with van der Waals surface area (Å²) in [5.74, 6) is -1.36. The zero-order chi connectivity index (χ0) is 19.3. The minimum absolute atomic E-state index is 0.0762. The van der Waals surface area contributed by atoms with Crippen molar-refractivity contribution in [3.05, 3.63) is 73.3 Å². The van der Waals surface area contributed by atoms with Gasteiger partial charge in [-0.25, -0.2) is 9.38 Å². The van der Waals surface area contributed by atoms with E-state index in [1.54, 1.807) is 24.3 Å². The summed E-state index contributed by atoms with van der Waals surface area (Å²) in [4.78, 5) is 27.9. The number of ketones is 1. The molecule has 1 amide bonds. The van der Waals surface area contributed by atoms with E-state index in [1.165, 1.54) is 29.7 Å². The Kier molecular flexibility index (Phi) is 4.09. The molecule has 1 aliphatic rings. The lowest BCUT2D eigenvalue weighted by molar-refractivity contribution is -0.112. The molecular formula is C19H11FN2O3S2. The molecule has 5 nitrogen and oxygen atoms in total. The van der Waals surface area contributed by atoms with Gasteiger partial charge in [-0.05, 0) is 61.6 Å². The van der Waals surface area contributed by atoms with Gasteiger partial charge in [-0.2, -0.15) is 0 Å². The van der Waals surface area contributed by atoms with Gasteiger partial charge in [0.2, 0.25) is 5.88 Å². The van der Waals surface area contributed by atoms with Gasteiger partial charge in [0.1, 0.15) is 10.7 Å². The average Bonchev–Trinajstić information content (AvgIpc) is 3.09. The third-order valence-corrected chi connectivity index (χ3v) is 5.59. The Hall–Kier alpha value is -2.97. The normalized spacial score (nSPS) is 12.8. The van der Waals surface area contributed by atoms with Gasteiger partial charge in [0.15, 0.2) is 9.74 Å². The molecule has 0 saturated heterocycles. The number of halogens is 1. The largest absolute Gasteiger partial charge is 0.493 e. The molecule has 0 fully saturated rings. The number of thiazole rings is 1. The molecule has 1 N–H and O–H groups in total. The van der Waals surface area contributed by atoms with Crippen LogP contribution in [0.5, 0.6) is 5.88 Å². The molecule has 1 aliphatic heterocycles. The number of hydrogen-bond donors (Lipinski definition) is 1. The number of nitrogens with zero attached hydrogens (tertiary/aromatic N) is 2. The topological polar surface area (TPSA) is 71.7 Å². The number of rotatable bonds is 3. The summed E-state index contributed by atoms with van der Waals surface area (Å²) in [6.07, 6.45) is 0. The number of fused-ring (bicyclic) bond motifs is 1. The van der Waals surface area contributed by atoms with Crippen molar-refractivity contribution >= 4 is 40.8 Å². The highest BCUT2D eigenvalue weighted by Crippen LogP contribution is 2.34. The minimum Gasteiger partial charge on any atom is -0.493 e. The molecular weight excluding hydrogens is 387 g/mol. The van der Waals surface area contributed by atoms with Crippen molar-refractivity contribution in [2.24, 2.45) is 4.99 Å². The molecule has 0 radical (unpaired) electrons. The first-order chi connectivity index (χ1) is 12.9. The summed E-state index contributed by atoms with van der Waals surface area (Å²) in [6.45, 7) is 1.46. The molecule has 134 valence electrons. The lowest BCUT2D eigenvalue weighted by Gasteiger charge is -2.06. The van der Waals surface area contributed by atoms with Crippen molar-refractivity contribution in [1.82, 2.24) is 4.57 Å². The van der Waals surface area contributed by atoms with E-state index < -0.39 is 11.7 Å². The van der Waals surface area contributed by atoms with Gasteiger partial charge in [0.05, 0.1) is 16.6 Å². The van der Waals surface area contributed by atoms with Crippen molar-refractivity contribution in [2.75, 3.05) is 0 Å². The Morgan fingerprint density at radius 3 is 2.59 bits per heavy atom. The standard InChI is InChI=1S/C19H11FN2O3S2/c1-9(23)10-2-5-12(6-3-10)22-18(25)16(27-19(22)26)15-13-8-11(20)4-7-14(13)21-17(15)24/h2-8,25H,1H3. The first-order valence-electron chi connectivity index (χ1n) is 7.86.